The molecular weight excluding hydrogens is 228 g/mol. The molecule has 4 heteroatoms. The molecule has 1 saturated heterocycles. The summed E-state index contributed by atoms with van der Waals surface area (Å²) < 4.78 is 0. The van der Waals surface area contributed by atoms with Crippen LogP contribution in [0.3, 0.4) is 0 Å². The minimum Gasteiger partial charge on any atom is -0.330 e. The summed E-state index contributed by atoms with van der Waals surface area (Å²) in [4.78, 5) is 27.1. The summed E-state index contributed by atoms with van der Waals surface area (Å²) in [5.74, 6) is -0.772. The van der Waals surface area contributed by atoms with E-state index in [0.29, 0.717) is 19.6 Å². The van der Waals surface area contributed by atoms with Crippen molar-refractivity contribution in [2.45, 2.75) is 26.4 Å². The van der Waals surface area contributed by atoms with Gasteiger partial charge in [-0.2, -0.15) is 0 Å². The second-order valence-corrected chi connectivity index (χ2v) is 4.80. The number of rotatable bonds is 3. The van der Waals surface area contributed by atoms with E-state index in [4.69, 9.17) is 0 Å². The second kappa shape index (κ2) is 5.21. The van der Waals surface area contributed by atoms with E-state index in [9.17, 15) is 9.59 Å². The fraction of sp³-hybridized carbons (Fsp3) is 0.429. The standard InChI is InChI=1S/C14H18N2O2/c1-11(2)16-9-8-15(13(17)14(16)18)10-12-6-4-3-5-7-12/h3-7,11H,8-10H2,1-2H3. The number of benzene rings is 1. The van der Waals surface area contributed by atoms with Gasteiger partial charge in [0, 0.05) is 25.7 Å². The molecular formula is C14H18N2O2. The SMILES string of the molecule is CC(C)N1CCN(Cc2ccccc2)C(=O)C1=O. The molecule has 1 aromatic rings. The smallest absolute Gasteiger partial charge is 0.312 e. The Balaban J connectivity index is 2.05. The van der Waals surface area contributed by atoms with Crippen LogP contribution in [0.2, 0.25) is 0 Å². The molecule has 1 fully saturated rings. The highest BCUT2D eigenvalue weighted by atomic mass is 16.2. The van der Waals surface area contributed by atoms with Gasteiger partial charge in [-0.1, -0.05) is 30.3 Å². The van der Waals surface area contributed by atoms with E-state index in [2.05, 4.69) is 0 Å². The number of carbonyl (C=O) groups is 2. The van der Waals surface area contributed by atoms with E-state index in [1.165, 1.54) is 0 Å². The van der Waals surface area contributed by atoms with Crippen LogP contribution in [0.4, 0.5) is 0 Å². The molecule has 0 N–H and O–H groups in total. The van der Waals surface area contributed by atoms with Gasteiger partial charge in [0.25, 0.3) is 0 Å². The third-order valence-electron chi connectivity index (χ3n) is 3.18. The van der Waals surface area contributed by atoms with Crippen molar-refractivity contribution in [3.8, 4) is 0 Å². The second-order valence-electron chi connectivity index (χ2n) is 4.80. The molecule has 0 bridgehead atoms. The van der Waals surface area contributed by atoms with E-state index in [1.807, 2.05) is 44.2 Å². The fourth-order valence-corrected chi connectivity index (χ4v) is 2.14. The quantitative estimate of drug-likeness (QED) is 0.753. The molecule has 1 heterocycles. The molecule has 2 rings (SSSR count). The molecule has 4 nitrogen and oxygen atoms in total. The minimum atomic E-state index is -0.390. The first kappa shape index (κ1) is 12.6. The van der Waals surface area contributed by atoms with E-state index < -0.39 is 0 Å². The Morgan fingerprint density at radius 3 is 2.33 bits per heavy atom. The average Bonchev–Trinajstić information content (AvgIpc) is 2.36. The molecule has 0 aliphatic carbocycles. The third-order valence-corrected chi connectivity index (χ3v) is 3.18. The summed E-state index contributed by atoms with van der Waals surface area (Å²) in [6.45, 7) is 5.60. The highest BCUT2D eigenvalue weighted by molar-refractivity contribution is 6.35. The van der Waals surface area contributed by atoms with E-state index in [1.54, 1.807) is 9.80 Å². The highest BCUT2D eigenvalue weighted by Gasteiger charge is 2.33. The first-order valence-electron chi connectivity index (χ1n) is 6.23. The van der Waals surface area contributed by atoms with Crippen molar-refractivity contribution < 1.29 is 9.59 Å². The Labute approximate surface area is 107 Å². The van der Waals surface area contributed by atoms with Crippen LogP contribution in [0, 0.1) is 0 Å². The molecule has 0 radical (unpaired) electrons. The van der Waals surface area contributed by atoms with Gasteiger partial charge in [0.15, 0.2) is 0 Å². The van der Waals surface area contributed by atoms with Gasteiger partial charge in [0.05, 0.1) is 0 Å². The van der Waals surface area contributed by atoms with Crippen molar-refractivity contribution in [2.24, 2.45) is 0 Å². The zero-order chi connectivity index (χ0) is 13.1. The summed E-state index contributed by atoms with van der Waals surface area (Å²) in [5.41, 5.74) is 1.05. The maximum Gasteiger partial charge on any atom is 0.312 e. The summed E-state index contributed by atoms with van der Waals surface area (Å²) >= 11 is 0. The van der Waals surface area contributed by atoms with Gasteiger partial charge in [-0.25, -0.2) is 0 Å². The van der Waals surface area contributed by atoms with Gasteiger partial charge >= 0.3 is 11.8 Å². The maximum absolute atomic E-state index is 12.0. The van der Waals surface area contributed by atoms with Gasteiger partial charge in [0.1, 0.15) is 0 Å². The lowest BCUT2D eigenvalue weighted by Gasteiger charge is -2.36. The van der Waals surface area contributed by atoms with Gasteiger partial charge < -0.3 is 9.80 Å². The molecule has 2 amide bonds. The van der Waals surface area contributed by atoms with Crippen molar-refractivity contribution in [1.82, 2.24) is 9.80 Å². The number of amides is 2. The van der Waals surface area contributed by atoms with Crippen molar-refractivity contribution in [2.75, 3.05) is 13.1 Å². The lowest BCUT2D eigenvalue weighted by atomic mass is 10.1. The molecule has 1 aromatic carbocycles. The van der Waals surface area contributed by atoms with Crippen LogP contribution in [0.25, 0.3) is 0 Å². The molecule has 0 spiro atoms. The van der Waals surface area contributed by atoms with Crippen LogP contribution in [0.15, 0.2) is 30.3 Å². The topological polar surface area (TPSA) is 40.6 Å². The van der Waals surface area contributed by atoms with E-state index in [-0.39, 0.29) is 17.9 Å². The number of piperazine rings is 1. The van der Waals surface area contributed by atoms with E-state index >= 15 is 0 Å². The van der Waals surface area contributed by atoms with Gasteiger partial charge in [-0.05, 0) is 19.4 Å². The van der Waals surface area contributed by atoms with Crippen LogP contribution in [0.1, 0.15) is 19.4 Å². The van der Waals surface area contributed by atoms with Crippen LogP contribution < -0.4 is 0 Å². The van der Waals surface area contributed by atoms with Gasteiger partial charge in [0.2, 0.25) is 0 Å². The van der Waals surface area contributed by atoms with Crippen molar-refractivity contribution in [1.29, 1.82) is 0 Å². The molecule has 1 aliphatic rings. The first-order chi connectivity index (χ1) is 8.59. The minimum absolute atomic E-state index is 0.0836. The normalized spacial score (nSPS) is 16.6. The Hall–Kier alpha value is -1.84. The number of carbonyl (C=O) groups excluding carboxylic acids is 2. The Bertz CT molecular complexity index is 442. The third kappa shape index (κ3) is 2.53. The van der Waals surface area contributed by atoms with E-state index in [0.717, 1.165) is 5.56 Å². The van der Waals surface area contributed by atoms with Crippen LogP contribution in [-0.2, 0) is 16.1 Å². The van der Waals surface area contributed by atoms with Crippen LogP contribution >= 0.6 is 0 Å². The predicted octanol–water partition coefficient (Wildman–Crippen LogP) is 1.27. The Morgan fingerprint density at radius 2 is 1.72 bits per heavy atom. The van der Waals surface area contributed by atoms with Crippen molar-refractivity contribution in [3.05, 3.63) is 35.9 Å². The summed E-state index contributed by atoms with van der Waals surface area (Å²) in [6, 6.07) is 9.82. The number of hydrogen-bond acceptors (Lipinski definition) is 2. The average molecular weight is 246 g/mol. The number of hydrogen-bond donors (Lipinski definition) is 0. The molecule has 0 saturated carbocycles. The number of nitrogens with zero attached hydrogens (tertiary/aromatic N) is 2. The maximum atomic E-state index is 12.0. The van der Waals surface area contributed by atoms with Gasteiger partial charge in [-0.3, -0.25) is 9.59 Å². The molecule has 0 aromatic heterocycles. The molecule has 1 aliphatic heterocycles. The molecule has 96 valence electrons. The fourth-order valence-electron chi connectivity index (χ4n) is 2.14. The monoisotopic (exact) mass is 246 g/mol. The highest BCUT2D eigenvalue weighted by Crippen LogP contribution is 2.12. The van der Waals surface area contributed by atoms with Gasteiger partial charge in [-0.15, -0.1) is 0 Å². The molecule has 0 unspecified atom stereocenters. The summed E-state index contributed by atoms with van der Waals surface area (Å²) in [6.07, 6.45) is 0. The first-order valence-corrected chi connectivity index (χ1v) is 6.23. The zero-order valence-corrected chi connectivity index (χ0v) is 10.8. The largest absolute Gasteiger partial charge is 0.330 e. The lowest BCUT2D eigenvalue weighted by Crippen LogP contribution is -2.55. The van der Waals surface area contributed by atoms with Crippen LogP contribution in [0.5, 0.6) is 0 Å². The lowest BCUT2D eigenvalue weighted by molar-refractivity contribution is -0.157. The summed E-state index contributed by atoms with van der Waals surface area (Å²) in [5, 5.41) is 0. The zero-order valence-electron chi connectivity index (χ0n) is 10.8. The molecule has 18 heavy (non-hydrogen) atoms. The van der Waals surface area contributed by atoms with Crippen molar-refractivity contribution in [3.63, 3.8) is 0 Å². The van der Waals surface area contributed by atoms with Crippen LogP contribution in [-0.4, -0.2) is 40.7 Å². The Morgan fingerprint density at radius 1 is 1.06 bits per heavy atom. The molecule has 0 atom stereocenters. The van der Waals surface area contributed by atoms with Crippen molar-refractivity contribution >= 4 is 11.8 Å². The summed E-state index contributed by atoms with van der Waals surface area (Å²) in [7, 11) is 0. The Kier molecular flexibility index (Phi) is 3.65. The predicted molar refractivity (Wildman–Crippen MR) is 68.7 cm³/mol.